The van der Waals surface area contributed by atoms with E-state index in [9.17, 15) is 9.65 Å². The Hall–Kier alpha value is -2.50. The largest absolute Gasteiger partial charge is 0.206 e. The number of benzene rings is 1. The second-order valence-corrected chi connectivity index (χ2v) is 5.10. The Morgan fingerprint density at radius 3 is 2.64 bits per heavy atom. The monoisotopic (exact) mass is 314 g/mol. The third-order valence-corrected chi connectivity index (χ3v) is 3.84. The van der Waals surface area contributed by atoms with Gasteiger partial charge >= 0.3 is 0 Å². The second kappa shape index (κ2) is 6.51. The predicted octanol–water partition coefficient (Wildman–Crippen LogP) is 3.67. The molecule has 0 N–H and O–H groups in total. The Balaban J connectivity index is 2.60. The molecule has 110 valence electrons. The molecule has 0 amide bonds. The highest BCUT2D eigenvalue weighted by Crippen LogP contribution is 2.29. The average Bonchev–Trinajstić information content (AvgIpc) is 2.52. The van der Waals surface area contributed by atoms with E-state index in [4.69, 9.17) is 16.9 Å². The van der Waals surface area contributed by atoms with Gasteiger partial charge in [0, 0.05) is 0 Å². The van der Waals surface area contributed by atoms with Gasteiger partial charge in [0.15, 0.2) is 5.15 Å². The van der Waals surface area contributed by atoms with Crippen molar-refractivity contribution in [1.29, 1.82) is 10.5 Å². The first-order chi connectivity index (χ1) is 10.5. The molecule has 1 heterocycles. The summed E-state index contributed by atoms with van der Waals surface area (Å²) in [5.41, 5.74) is 2.49. The Morgan fingerprint density at radius 1 is 1.32 bits per heavy atom. The van der Waals surface area contributed by atoms with Crippen molar-refractivity contribution in [2.24, 2.45) is 0 Å². The highest BCUT2D eigenvalue weighted by atomic mass is 35.5. The minimum atomic E-state index is -0.734. The van der Waals surface area contributed by atoms with Crippen molar-refractivity contribution in [2.75, 3.05) is 0 Å². The fourth-order valence-corrected chi connectivity index (χ4v) is 2.64. The molecule has 22 heavy (non-hydrogen) atoms. The van der Waals surface area contributed by atoms with Crippen LogP contribution in [0.3, 0.4) is 0 Å². The van der Waals surface area contributed by atoms with Crippen molar-refractivity contribution < 1.29 is 4.39 Å². The van der Waals surface area contributed by atoms with E-state index < -0.39 is 11.7 Å². The number of hydrogen-bond donors (Lipinski definition) is 0. The summed E-state index contributed by atoms with van der Waals surface area (Å²) in [6.45, 7) is 3.76. The van der Waals surface area contributed by atoms with E-state index in [-0.39, 0.29) is 5.56 Å². The van der Waals surface area contributed by atoms with Crippen molar-refractivity contribution in [3.05, 3.63) is 57.1 Å². The lowest BCUT2D eigenvalue weighted by molar-refractivity contribution is 0.623. The molecule has 0 aliphatic carbocycles. The lowest BCUT2D eigenvalue weighted by Crippen LogP contribution is -2.09. The third-order valence-electron chi connectivity index (χ3n) is 3.53. The van der Waals surface area contributed by atoms with E-state index in [1.807, 2.05) is 13.8 Å². The first-order valence-electron chi connectivity index (χ1n) is 6.64. The molecule has 0 saturated heterocycles. The van der Waals surface area contributed by atoms with Crippen LogP contribution in [0.25, 0.3) is 0 Å². The molecule has 1 unspecified atom stereocenters. The van der Waals surface area contributed by atoms with Crippen molar-refractivity contribution in [1.82, 2.24) is 10.2 Å². The van der Waals surface area contributed by atoms with Gasteiger partial charge in [0.2, 0.25) is 0 Å². The first kappa shape index (κ1) is 15.9. The van der Waals surface area contributed by atoms with Crippen LogP contribution in [0.15, 0.2) is 18.2 Å². The highest BCUT2D eigenvalue weighted by Gasteiger charge is 2.22. The molecule has 0 radical (unpaired) electrons. The van der Waals surface area contributed by atoms with E-state index in [0.29, 0.717) is 22.8 Å². The molecule has 1 atom stereocenters. The molecular weight excluding hydrogens is 303 g/mol. The van der Waals surface area contributed by atoms with Crippen molar-refractivity contribution in [3.63, 3.8) is 0 Å². The zero-order valence-corrected chi connectivity index (χ0v) is 12.8. The van der Waals surface area contributed by atoms with Gasteiger partial charge in [-0.3, -0.25) is 0 Å². The lowest BCUT2D eigenvalue weighted by atomic mass is 9.91. The van der Waals surface area contributed by atoms with E-state index >= 15 is 0 Å². The maximum atomic E-state index is 13.4. The summed E-state index contributed by atoms with van der Waals surface area (Å²) in [4.78, 5) is 0. The SMILES string of the molecule is CCc1c(Cl)nnc(C(C#N)c2ccc(F)c(C#N)c2)c1C. The molecule has 2 rings (SSSR count). The van der Waals surface area contributed by atoms with Gasteiger partial charge in [0.1, 0.15) is 17.8 Å². The maximum Gasteiger partial charge on any atom is 0.155 e. The zero-order chi connectivity index (χ0) is 16.3. The molecule has 0 fully saturated rings. The molecule has 0 saturated carbocycles. The lowest BCUT2D eigenvalue weighted by Gasteiger charge is -2.14. The standard InChI is InChI=1S/C16H12ClFN4/c1-3-12-9(2)15(21-22-16(12)17)13(8-20)10-4-5-14(18)11(6-10)7-19/h4-6,13H,3H2,1-2H3. The number of aromatic nitrogens is 2. The number of nitrogens with zero attached hydrogens (tertiary/aromatic N) is 4. The number of rotatable bonds is 3. The van der Waals surface area contributed by atoms with Crippen LogP contribution in [0.1, 0.15) is 40.8 Å². The smallest absolute Gasteiger partial charge is 0.155 e. The van der Waals surface area contributed by atoms with Gasteiger partial charge in [-0.25, -0.2) is 4.39 Å². The van der Waals surface area contributed by atoms with Crippen LogP contribution in [0.4, 0.5) is 4.39 Å². The normalized spacial score (nSPS) is 11.5. The summed E-state index contributed by atoms with van der Waals surface area (Å²) < 4.78 is 13.4. The molecule has 2 aromatic rings. The van der Waals surface area contributed by atoms with Gasteiger partial charge in [-0.2, -0.15) is 15.6 Å². The van der Waals surface area contributed by atoms with Crippen LogP contribution < -0.4 is 0 Å². The van der Waals surface area contributed by atoms with E-state index in [2.05, 4.69) is 16.3 Å². The summed E-state index contributed by atoms with van der Waals surface area (Å²) in [5.74, 6) is -1.35. The van der Waals surface area contributed by atoms with Crippen molar-refractivity contribution >= 4 is 11.6 Å². The van der Waals surface area contributed by atoms with Gasteiger partial charge in [-0.15, -0.1) is 5.10 Å². The maximum absolute atomic E-state index is 13.4. The summed E-state index contributed by atoms with van der Waals surface area (Å²) in [7, 11) is 0. The van der Waals surface area contributed by atoms with Gasteiger partial charge in [-0.05, 0) is 42.2 Å². The fourth-order valence-electron chi connectivity index (χ4n) is 2.33. The first-order valence-corrected chi connectivity index (χ1v) is 7.02. The van der Waals surface area contributed by atoms with Crippen LogP contribution in [0.2, 0.25) is 5.15 Å². The third kappa shape index (κ3) is 2.77. The van der Waals surface area contributed by atoms with Crippen LogP contribution in [-0.2, 0) is 6.42 Å². The summed E-state index contributed by atoms with van der Waals surface area (Å²) in [5, 5.41) is 26.7. The van der Waals surface area contributed by atoms with E-state index in [1.54, 1.807) is 6.07 Å². The Labute approximate surface area is 132 Å². The minimum absolute atomic E-state index is 0.104. The van der Waals surface area contributed by atoms with Crippen LogP contribution in [0.5, 0.6) is 0 Å². The number of nitriles is 2. The molecule has 0 spiro atoms. The Kier molecular flexibility index (Phi) is 4.70. The van der Waals surface area contributed by atoms with Crippen LogP contribution >= 0.6 is 11.6 Å². The quantitative estimate of drug-likeness (QED) is 0.866. The molecule has 4 nitrogen and oxygen atoms in total. The van der Waals surface area contributed by atoms with Crippen molar-refractivity contribution in [2.45, 2.75) is 26.2 Å². The highest BCUT2D eigenvalue weighted by molar-refractivity contribution is 6.30. The minimum Gasteiger partial charge on any atom is -0.206 e. The number of hydrogen-bond acceptors (Lipinski definition) is 4. The predicted molar refractivity (Wildman–Crippen MR) is 79.7 cm³/mol. The summed E-state index contributed by atoms with van der Waals surface area (Å²) in [6, 6.07) is 7.93. The zero-order valence-electron chi connectivity index (χ0n) is 12.1. The molecule has 6 heteroatoms. The summed E-state index contributed by atoms with van der Waals surface area (Å²) in [6.07, 6.45) is 0.665. The average molecular weight is 315 g/mol. The van der Waals surface area contributed by atoms with Gasteiger partial charge in [0.05, 0.1) is 17.3 Å². The van der Waals surface area contributed by atoms with Crippen molar-refractivity contribution in [3.8, 4) is 12.1 Å². The topological polar surface area (TPSA) is 73.4 Å². The second-order valence-electron chi connectivity index (χ2n) is 4.75. The Bertz CT molecular complexity index is 805. The molecule has 1 aromatic carbocycles. The molecule has 0 bridgehead atoms. The molecule has 0 aliphatic rings. The van der Waals surface area contributed by atoms with Crippen LogP contribution in [-0.4, -0.2) is 10.2 Å². The van der Waals surface area contributed by atoms with Crippen LogP contribution in [0, 0.1) is 35.4 Å². The summed E-state index contributed by atoms with van der Waals surface area (Å²) >= 11 is 6.01. The van der Waals surface area contributed by atoms with E-state index in [1.165, 1.54) is 18.2 Å². The van der Waals surface area contributed by atoms with Gasteiger partial charge in [-0.1, -0.05) is 24.6 Å². The molecule has 0 aliphatic heterocycles. The molecular formula is C16H12ClFN4. The Morgan fingerprint density at radius 2 is 2.05 bits per heavy atom. The van der Waals surface area contributed by atoms with Gasteiger partial charge in [0.25, 0.3) is 0 Å². The van der Waals surface area contributed by atoms with E-state index in [0.717, 1.165) is 11.1 Å². The number of halogens is 2. The molecule has 1 aromatic heterocycles. The fraction of sp³-hybridized carbons (Fsp3) is 0.250. The van der Waals surface area contributed by atoms with Gasteiger partial charge < -0.3 is 0 Å².